The van der Waals surface area contributed by atoms with Crippen LogP contribution in [-0.2, 0) is 0 Å². The molecule has 2 nitrogen and oxygen atoms in total. The lowest BCUT2D eigenvalue weighted by molar-refractivity contribution is 1.33. The van der Waals surface area contributed by atoms with Crippen LogP contribution in [-0.4, -0.2) is 9.97 Å². The van der Waals surface area contributed by atoms with Crippen LogP contribution in [0, 0.1) is 0 Å². The van der Waals surface area contributed by atoms with Gasteiger partial charge in [0.15, 0.2) is 0 Å². The van der Waals surface area contributed by atoms with Gasteiger partial charge in [0.1, 0.15) is 0 Å². The summed E-state index contributed by atoms with van der Waals surface area (Å²) in [6, 6.07) is 40.4. The van der Waals surface area contributed by atoms with Crippen molar-refractivity contribution in [3.8, 4) is 44.6 Å². The van der Waals surface area contributed by atoms with Crippen LogP contribution >= 0.6 is 0 Å². The Hall–Kier alpha value is -4.56. The van der Waals surface area contributed by atoms with Crippen LogP contribution in [0.5, 0.6) is 0 Å². The smallest absolute Gasteiger partial charge is 0.0701 e. The van der Waals surface area contributed by atoms with Gasteiger partial charge in [-0.3, -0.25) is 9.97 Å². The number of benzene rings is 4. The average Bonchev–Trinajstić information content (AvgIpc) is 2.94. The van der Waals surface area contributed by atoms with Crippen LogP contribution in [0.3, 0.4) is 0 Å². The van der Waals surface area contributed by atoms with E-state index in [1.807, 2.05) is 42.9 Å². The Morgan fingerprint density at radius 1 is 0.412 bits per heavy atom. The van der Waals surface area contributed by atoms with Crippen molar-refractivity contribution in [3.63, 3.8) is 0 Å². The standard InChI is InChI=1S/C32H22N2/c1-2-7-23(8-3-1)26-9-6-10-27(21-26)29-17-16-28(30-18-20-33-22-31(29)30)24-12-14-25(15-13-24)32-11-4-5-19-34-32/h1-22H. The molecule has 0 saturated carbocycles. The summed E-state index contributed by atoms with van der Waals surface area (Å²) in [6.45, 7) is 0. The number of aromatic nitrogens is 2. The van der Waals surface area contributed by atoms with Gasteiger partial charge in [-0.25, -0.2) is 0 Å². The molecule has 2 aromatic heterocycles. The predicted octanol–water partition coefficient (Wildman–Crippen LogP) is 8.30. The predicted molar refractivity (Wildman–Crippen MR) is 141 cm³/mol. The minimum atomic E-state index is 0.983. The average molecular weight is 435 g/mol. The van der Waals surface area contributed by atoms with Gasteiger partial charge in [0.25, 0.3) is 0 Å². The summed E-state index contributed by atoms with van der Waals surface area (Å²) < 4.78 is 0. The molecule has 4 aromatic carbocycles. The topological polar surface area (TPSA) is 25.8 Å². The number of pyridine rings is 2. The highest BCUT2D eigenvalue weighted by Gasteiger charge is 2.11. The highest BCUT2D eigenvalue weighted by Crippen LogP contribution is 2.37. The van der Waals surface area contributed by atoms with Crippen molar-refractivity contribution in [3.05, 3.63) is 134 Å². The van der Waals surface area contributed by atoms with E-state index in [1.54, 1.807) is 0 Å². The minimum absolute atomic E-state index is 0.983. The largest absolute Gasteiger partial charge is 0.264 e. The summed E-state index contributed by atoms with van der Waals surface area (Å²) in [5, 5.41) is 2.35. The summed E-state index contributed by atoms with van der Waals surface area (Å²) in [7, 11) is 0. The lowest BCUT2D eigenvalue weighted by atomic mass is 9.91. The molecule has 0 aliphatic heterocycles. The normalized spacial score (nSPS) is 10.9. The molecular weight excluding hydrogens is 412 g/mol. The molecule has 2 heterocycles. The first-order valence-electron chi connectivity index (χ1n) is 11.4. The van der Waals surface area contributed by atoms with Gasteiger partial charge in [0.05, 0.1) is 5.69 Å². The maximum atomic E-state index is 4.47. The first kappa shape index (κ1) is 20.1. The Labute approximate surface area is 199 Å². The number of fused-ring (bicyclic) bond motifs is 1. The third-order valence-corrected chi connectivity index (χ3v) is 6.26. The first-order valence-corrected chi connectivity index (χ1v) is 11.4. The summed E-state index contributed by atoms with van der Waals surface area (Å²) in [5.41, 5.74) is 9.29. The van der Waals surface area contributed by atoms with Gasteiger partial charge in [-0.1, -0.05) is 91.0 Å². The van der Waals surface area contributed by atoms with Crippen LogP contribution in [0.1, 0.15) is 0 Å². The fourth-order valence-corrected chi connectivity index (χ4v) is 4.54. The van der Waals surface area contributed by atoms with Crippen molar-refractivity contribution in [2.45, 2.75) is 0 Å². The summed E-state index contributed by atoms with van der Waals surface area (Å²) in [6.07, 6.45) is 5.68. The molecule has 0 atom stereocenters. The van der Waals surface area contributed by atoms with Crippen LogP contribution in [0.2, 0.25) is 0 Å². The van der Waals surface area contributed by atoms with E-state index >= 15 is 0 Å². The van der Waals surface area contributed by atoms with Crippen molar-refractivity contribution in [1.29, 1.82) is 0 Å². The zero-order chi connectivity index (χ0) is 22.7. The molecule has 0 spiro atoms. The Morgan fingerprint density at radius 2 is 1.12 bits per heavy atom. The van der Waals surface area contributed by atoms with Crippen LogP contribution in [0.4, 0.5) is 0 Å². The van der Waals surface area contributed by atoms with Gasteiger partial charge in [0.2, 0.25) is 0 Å². The molecule has 6 aromatic rings. The van der Waals surface area contributed by atoms with Crippen molar-refractivity contribution in [2.75, 3.05) is 0 Å². The molecule has 0 aliphatic carbocycles. The van der Waals surface area contributed by atoms with Crippen LogP contribution < -0.4 is 0 Å². The van der Waals surface area contributed by atoms with Crippen molar-refractivity contribution < 1.29 is 0 Å². The quantitative estimate of drug-likeness (QED) is 0.279. The Morgan fingerprint density at radius 3 is 1.91 bits per heavy atom. The Kier molecular flexibility index (Phi) is 5.17. The second-order valence-corrected chi connectivity index (χ2v) is 8.32. The van der Waals surface area contributed by atoms with E-state index in [2.05, 4.69) is 101 Å². The highest BCUT2D eigenvalue weighted by molar-refractivity contribution is 6.04. The highest BCUT2D eigenvalue weighted by atomic mass is 14.7. The van der Waals surface area contributed by atoms with Gasteiger partial charge < -0.3 is 0 Å². The molecule has 160 valence electrons. The molecule has 0 radical (unpaired) electrons. The van der Waals surface area contributed by atoms with Crippen molar-refractivity contribution in [1.82, 2.24) is 9.97 Å². The minimum Gasteiger partial charge on any atom is -0.264 e. The van der Waals surface area contributed by atoms with E-state index in [0.29, 0.717) is 0 Å². The van der Waals surface area contributed by atoms with Gasteiger partial charge in [-0.05, 0) is 63.0 Å². The molecule has 0 N–H and O–H groups in total. The van der Waals surface area contributed by atoms with Gasteiger partial charge in [-0.2, -0.15) is 0 Å². The molecule has 2 heteroatoms. The molecular formula is C32H22N2. The second-order valence-electron chi connectivity index (χ2n) is 8.32. The number of nitrogens with zero attached hydrogens (tertiary/aromatic N) is 2. The number of hydrogen-bond acceptors (Lipinski definition) is 2. The molecule has 0 fully saturated rings. The zero-order valence-corrected chi connectivity index (χ0v) is 18.6. The maximum Gasteiger partial charge on any atom is 0.0701 e. The molecule has 0 bridgehead atoms. The number of hydrogen-bond donors (Lipinski definition) is 0. The summed E-state index contributed by atoms with van der Waals surface area (Å²) in [4.78, 5) is 8.93. The van der Waals surface area contributed by atoms with Gasteiger partial charge >= 0.3 is 0 Å². The SMILES string of the molecule is c1ccc(-c2cccc(-c3ccc(-c4ccc(-c5ccccn5)cc4)c4ccncc34)c2)cc1. The molecule has 6 rings (SSSR count). The van der Waals surface area contributed by atoms with E-state index in [-0.39, 0.29) is 0 Å². The Balaban J connectivity index is 1.44. The van der Waals surface area contributed by atoms with Gasteiger partial charge in [0, 0.05) is 29.5 Å². The monoisotopic (exact) mass is 434 g/mol. The van der Waals surface area contributed by atoms with Crippen molar-refractivity contribution in [2.24, 2.45) is 0 Å². The zero-order valence-electron chi connectivity index (χ0n) is 18.6. The number of rotatable bonds is 4. The molecule has 0 unspecified atom stereocenters. The lowest BCUT2D eigenvalue weighted by Crippen LogP contribution is -1.88. The summed E-state index contributed by atoms with van der Waals surface area (Å²) >= 11 is 0. The maximum absolute atomic E-state index is 4.47. The molecule has 0 aliphatic rings. The van der Waals surface area contributed by atoms with Crippen LogP contribution in [0.25, 0.3) is 55.4 Å². The first-order chi connectivity index (χ1) is 16.9. The van der Waals surface area contributed by atoms with E-state index in [1.165, 1.54) is 38.8 Å². The Bertz CT molecular complexity index is 1570. The third-order valence-electron chi connectivity index (χ3n) is 6.26. The van der Waals surface area contributed by atoms with E-state index in [0.717, 1.165) is 16.6 Å². The molecule has 0 amide bonds. The summed E-state index contributed by atoms with van der Waals surface area (Å²) in [5.74, 6) is 0. The van der Waals surface area contributed by atoms with E-state index in [4.69, 9.17) is 0 Å². The van der Waals surface area contributed by atoms with Gasteiger partial charge in [-0.15, -0.1) is 0 Å². The van der Waals surface area contributed by atoms with Crippen molar-refractivity contribution >= 4 is 10.8 Å². The van der Waals surface area contributed by atoms with E-state index < -0.39 is 0 Å². The fraction of sp³-hybridized carbons (Fsp3) is 0. The lowest BCUT2D eigenvalue weighted by Gasteiger charge is -2.13. The molecule has 34 heavy (non-hydrogen) atoms. The fourth-order valence-electron chi connectivity index (χ4n) is 4.54. The van der Waals surface area contributed by atoms with E-state index in [9.17, 15) is 0 Å². The third kappa shape index (κ3) is 3.76. The van der Waals surface area contributed by atoms with Crippen LogP contribution in [0.15, 0.2) is 134 Å². The second kappa shape index (κ2) is 8.76. The molecule has 0 saturated heterocycles.